The van der Waals surface area contributed by atoms with Gasteiger partial charge in [-0.05, 0) is 81.5 Å². The molecule has 0 saturated carbocycles. The van der Waals surface area contributed by atoms with Crippen molar-refractivity contribution in [3.8, 4) is 17.0 Å². The van der Waals surface area contributed by atoms with Crippen LogP contribution >= 0.6 is 10.8 Å². The predicted molar refractivity (Wildman–Crippen MR) is 142 cm³/mol. The van der Waals surface area contributed by atoms with Crippen molar-refractivity contribution in [1.29, 1.82) is 0 Å². The van der Waals surface area contributed by atoms with Crippen molar-refractivity contribution in [2.45, 2.75) is 58.2 Å². The SMILES string of the molecule is Cc1cccc(N2[C@@]3(CCN(Cc4ccc(O)c(-c5ncccc5C)c4)[C@@H](C)C3)CCS2(O)O)n1. The van der Waals surface area contributed by atoms with Gasteiger partial charge in [-0.25, -0.2) is 9.29 Å². The maximum absolute atomic E-state index is 11.0. The number of phenols is 1. The van der Waals surface area contributed by atoms with Gasteiger partial charge in [0.15, 0.2) is 0 Å². The molecule has 0 radical (unpaired) electrons. The summed E-state index contributed by atoms with van der Waals surface area (Å²) in [6, 6.07) is 15.7. The van der Waals surface area contributed by atoms with Gasteiger partial charge in [-0.1, -0.05) is 18.2 Å². The topological polar surface area (TPSA) is 93.0 Å². The lowest BCUT2D eigenvalue weighted by Gasteiger charge is -2.51. The molecule has 2 fully saturated rings. The van der Waals surface area contributed by atoms with Crippen LogP contribution in [0.2, 0.25) is 0 Å². The van der Waals surface area contributed by atoms with Crippen LogP contribution in [0.15, 0.2) is 54.7 Å². The third-order valence-electron chi connectivity index (χ3n) is 7.52. The zero-order chi connectivity index (χ0) is 24.8. The molecule has 35 heavy (non-hydrogen) atoms. The van der Waals surface area contributed by atoms with Crippen LogP contribution in [0.25, 0.3) is 11.3 Å². The van der Waals surface area contributed by atoms with E-state index >= 15 is 0 Å². The molecule has 3 N–H and O–H groups in total. The molecule has 2 saturated heterocycles. The van der Waals surface area contributed by atoms with Gasteiger partial charge in [0.05, 0.1) is 17.0 Å². The van der Waals surface area contributed by atoms with Crippen molar-refractivity contribution in [2.75, 3.05) is 16.6 Å². The number of anilines is 1. The quantitative estimate of drug-likeness (QED) is 0.424. The van der Waals surface area contributed by atoms with E-state index in [9.17, 15) is 14.2 Å². The Labute approximate surface area is 209 Å². The fourth-order valence-corrected chi connectivity index (χ4v) is 7.85. The van der Waals surface area contributed by atoms with Crippen molar-refractivity contribution >= 4 is 16.6 Å². The number of hydrogen-bond donors (Lipinski definition) is 3. The van der Waals surface area contributed by atoms with Crippen LogP contribution in [0.3, 0.4) is 0 Å². The van der Waals surface area contributed by atoms with Crippen LogP contribution in [-0.2, 0) is 6.54 Å². The summed E-state index contributed by atoms with van der Waals surface area (Å²) < 4.78 is 23.8. The lowest BCUT2D eigenvalue weighted by molar-refractivity contribution is 0.102. The van der Waals surface area contributed by atoms with E-state index in [1.165, 1.54) is 0 Å². The number of aryl methyl sites for hydroxylation is 2. The van der Waals surface area contributed by atoms with Crippen LogP contribution < -0.4 is 4.31 Å². The summed E-state index contributed by atoms with van der Waals surface area (Å²) in [5.41, 5.74) is 4.27. The van der Waals surface area contributed by atoms with Crippen LogP contribution in [0, 0.1) is 13.8 Å². The van der Waals surface area contributed by atoms with E-state index in [1.54, 1.807) is 12.3 Å². The second kappa shape index (κ2) is 9.09. The molecule has 0 amide bonds. The Bertz CT molecular complexity index is 1240. The minimum Gasteiger partial charge on any atom is -0.507 e. The summed E-state index contributed by atoms with van der Waals surface area (Å²) in [5, 5.41) is 10.5. The van der Waals surface area contributed by atoms with E-state index in [0.29, 0.717) is 11.6 Å². The summed E-state index contributed by atoms with van der Waals surface area (Å²) in [6.45, 7) is 7.76. The highest BCUT2D eigenvalue weighted by atomic mass is 32.3. The Kier molecular flexibility index (Phi) is 6.25. The van der Waals surface area contributed by atoms with E-state index in [-0.39, 0.29) is 17.3 Å². The highest BCUT2D eigenvalue weighted by molar-refractivity contribution is 8.25. The molecule has 1 aromatic carbocycles. The molecular weight excluding hydrogens is 460 g/mol. The first kappa shape index (κ1) is 24.1. The fourth-order valence-electron chi connectivity index (χ4n) is 5.74. The van der Waals surface area contributed by atoms with Gasteiger partial charge in [0, 0.05) is 36.6 Å². The maximum Gasteiger partial charge on any atom is 0.147 e. The number of pyridine rings is 2. The predicted octanol–water partition coefficient (Wildman–Crippen LogP) is 5.77. The molecule has 7 nitrogen and oxygen atoms in total. The number of nitrogens with zero attached hydrogens (tertiary/aromatic N) is 4. The number of likely N-dealkylation sites (tertiary alicyclic amines) is 1. The Morgan fingerprint density at radius 1 is 1.09 bits per heavy atom. The molecule has 3 aromatic rings. The van der Waals surface area contributed by atoms with Crippen molar-refractivity contribution in [2.24, 2.45) is 0 Å². The first-order chi connectivity index (χ1) is 16.7. The van der Waals surface area contributed by atoms with Gasteiger partial charge in [0.2, 0.25) is 0 Å². The summed E-state index contributed by atoms with van der Waals surface area (Å²) in [5.74, 6) is 1.29. The largest absolute Gasteiger partial charge is 0.507 e. The van der Waals surface area contributed by atoms with E-state index in [0.717, 1.165) is 60.4 Å². The molecule has 2 aliphatic rings. The van der Waals surface area contributed by atoms with Gasteiger partial charge in [-0.2, -0.15) is 0 Å². The van der Waals surface area contributed by atoms with Crippen molar-refractivity contribution < 1.29 is 14.2 Å². The minimum absolute atomic E-state index is 0.235. The Morgan fingerprint density at radius 3 is 2.66 bits per heavy atom. The number of rotatable bonds is 4. The minimum atomic E-state index is -2.89. The summed E-state index contributed by atoms with van der Waals surface area (Å²) in [4.78, 5) is 11.6. The third-order valence-corrected chi connectivity index (χ3v) is 9.43. The molecule has 0 unspecified atom stereocenters. The average molecular weight is 495 g/mol. The maximum atomic E-state index is 11.0. The first-order valence-electron chi connectivity index (χ1n) is 12.2. The monoisotopic (exact) mass is 494 g/mol. The van der Waals surface area contributed by atoms with E-state index in [1.807, 2.05) is 60.6 Å². The molecule has 1 spiro atoms. The van der Waals surface area contributed by atoms with Crippen molar-refractivity contribution in [3.63, 3.8) is 0 Å². The summed E-state index contributed by atoms with van der Waals surface area (Å²) >= 11 is 0. The van der Waals surface area contributed by atoms with Crippen LogP contribution in [0.1, 0.15) is 43.0 Å². The smallest absolute Gasteiger partial charge is 0.147 e. The van der Waals surface area contributed by atoms with Crippen LogP contribution in [-0.4, -0.2) is 53.0 Å². The zero-order valence-corrected chi connectivity index (χ0v) is 21.4. The third kappa shape index (κ3) is 4.51. The lowest BCUT2D eigenvalue weighted by Crippen LogP contribution is -2.55. The number of hydrogen-bond acceptors (Lipinski definition) is 7. The van der Waals surface area contributed by atoms with Gasteiger partial charge < -0.3 is 5.11 Å². The number of phenolic OH excluding ortho intramolecular Hbond substituents is 1. The molecule has 8 heteroatoms. The summed E-state index contributed by atoms with van der Waals surface area (Å²) in [6.07, 6.45) is 4.18. The Balaban J connectivity index is 1.37. The van der Waals surface area contributed by atoms with Crippen LogP contribution in [0.5, 0.6) is 5.75 Å². The summed E-state index contributed by atoms with van der Waals surface area (Å²) in [7, 11) is -2.89. The average Bonchev–Trinajstić information content (AvgIpc) is 3.07. The van der Waals surface area contributed by atoms with Gasteiger partial charge in [0.1, 0.15) is 11.6 Å². The molecular formula is C27H34N4O3S. The van der Waals surface area contributed by atoms with Crippen LogP contribution in [0.4, 0.5) is 5.82 Å². The molecule has 2 aromatic heterocycles. The van der Waals surface area contributed by atoms with E-state index < -0.39 is 10.8 Å². The second-order valence-electron chi connectivity index (χ2n) is 10.0. The van der Waals surface area contributed by atoms with Crippen molar-refractivity contribution in [1.82, 2.24) is 14.9 Å². The molecule has 4 heterocycles. The Morgan fingerprint density at radius 2 is 1.91 bits per heavy atom. The lowest BCUT2D eigenvalue weighted by atomic mass is 9.81. The highest BCUT2D eigenvalue weighted by Gasteiger charge is 2.53. The standard InChI is InChI=1S/C27H34N4O3S/c1-19-6-5-13-28-26(19)23-16-22(9-10-24(23)32)18-30-14-11-27(17-21(30)3)12-15-35(33,34)31(27)25-8-4-7-20(2)29-25/h4-10,13,16,21,32-34H,11-12,14-15,17-18H2,1-3H3/t21-,27-/m0/s1. The molecule has 0 aliphatic carbocycles. The molecule has 5 rings (SSSR count). The second-order valence-corrected chi connectivity index (χ2v) is 12.1. The van der Waals surface area contributed by atoms with Gasteiger partial charge in [-0.3, -0.25) is 19.0 Å². The number of piperidine rings is 1. The number of aromatic nitrogens is 2. The first-order valence-corrected chi connectivity index (χ1v) is 13.8. The van der Waals surface area contributed by atoms with Crippen molar-refractivity contribution in [3.05, 3.63) is 71.5 Å². The number of aromatic hydroxyl groups is 1. The van der Waals surface area contributed by atoms with Gasteiger partial charge >= 0.3 is 0 Å². The van der Waals surface area contributed by atoms with Gasteiger partial charge in [-0.15, -0.1) is 10.8 Å². The molecule has 186 valence electrons. The van der Waals surface area contributed by atoms with E-state index in [2.05, 4.69) is 21.8 Å². The Hall–Kier alpha value is -2.65. The zero-order valence-electron chi connectivity index (χ0n) is 20.6. The highest BCUT2D eigenvalue weighted by Crippen LogP contribution is 2.60. The normalized spacial score (nSPS) is 25.2. The molecule has 2 aliphatic heterocycles. The van der Waals surface area contributed by atoms with E-state index in [4.69, 9.17) is 0 Å². The fraction of sp³-hybridized carbons (Fsp3) is 0.407. The molecule has 0 bridgehead atoms. The number of benzene rings is 1. The van der Waals surface area contributed by atoms with Gasteiger partial charge in [0.25, 0.3) is 0 Å². The molecule has 2 atom stereocenters.